The maximum Gasteiger partial charge on any atom is 0.0166 e. The van der Waals surface area contributed by atoms with Crippen LogP contribution in [-0.2, 0) is 17.0 Å². The van der Waals surface area contributed by atoms with Crippen LogP contribution in [0.15, 0.2) is 72.7 Å². The van der Waals surface area contributed by atoms with Gasteiger partial charge in [0.2, 0.25) is 0 Å². The Morgan fingerprint density at radius 1 is 1.21 bits per heavy atom. The number of fused-ring (bicyclic) bond motifs is 1. The van der Waals surface area contributed by atoms with Crippen LogP contribution in [0.2, 0.25) is 0 Å². The van der Waals surface area contributed by atoms with Crippen molar-refractivity contribution in [1.29, 1.82) is 0 Å². The number of nitrogens with zero attached hydrogens (tertiary/aromatic N) is 1. The van der Waals surface area contributed by atoms with Gasteiger partial charge in [-0.3, -0.25) is 6.08 Å². The monoisotopic (exact) mass is 409 g/mol. The topological polar surface area (TPSA) is 4.93 Å². The quantitative estimate of drug-likeness (QED) is 0.294. The van der Waals surface area contributed by atoms with Crippen LogP contribution in [0.4, 0.5) is 0 Å². The van der Waals surface area contributed by atoms with Crippen LogP contribution in [0.3, 0.4) is 0 Å². The average Bonchev–Trinajstić information content (AvgIpc) is 3.27. The molecule has 0 spiro atoms. The molecule has 0 aliphatic heterocycles. The zero-order valence-corrected chi connectivity index (χ0v) is 17.5. The Morgan fingerprint density at radius 2 is 1.96 bits per heavy atom. The van der Waals surface area contributed by atoms with Crippen molar-refractivity contribution >= 4 is 37.7 Å². The summed E-state index contributed by atoms with van der Waals surface area (Å²) >= 11 is -0.556. The van der Waals surface area contributed by atoms with Gasteiger partial charge in [-0.25, -0.2) is 12.2 Å². The van der Waals surface area contributed by atoms with Crippen LogP contribution in [0, 0.1) is 11.5 Å². The second-order valence-electron chi connectivity index (χ2n) is 5.76. The molecule has 0 atom stereocenters. The van der Waals surface area contributed by atoms with Gasteiger partial charge in [0.25, 0.3) is 0 Å². The number of benzene rings is 1. The summed E-state index contributed by atoms with van der Waals surface area (Å²) in [6.45, 7) is 4.26. The molecule has 0 saturated carbocycles. The second kappa shape index (κ2) is 9.71. The molecule has 1 heterocycles. The summed E-state index contributed by atoms with van der Waals surface area (Å²) < 4.78 is 2.22. The van der Waals surface area contributed by atoms with Crippen molar-refractivity contribution < 1.29 is 17.0 Å². The van der Waals surface area contributed by atoms with E-state index in [1.165, 1.54) is 24.8 Å². The standard InChI is InChI=1S/C12H9NP.C7H9.2ClH.Ti/c1-2-5-11-9-12(8-10(11)4-1)13-6-3-7-14-13;1-7(2)5-3-4-6-7;;;/h1-9H;3-5H,1-2H3;2*1H;/q2*-1;;;+2/p-2. The molecule has 0 saturated heterocycles. The van der Waals surface area contributed by atoms with Gasteiger partial charge >= 0.3 is 35.6 Å². The molecule has 0 amide bonds. The van der Waals surface area contributed by atoms with Crippen LogP contribution in [0.5, 0.6) is 0 Å². The molecule has 4 rings (SSSR count). The molecule has 1 aliphatic rings. The molecule has 1 nitrogen and oxygen atoms in total. The number of allylic oxidation sites excluding steroid dienone is 4. The van der Waals surface area contributed by atoms with Crippen molar-refractivity contribution in [2.75, 3.05) is 0 Å². The summed E-state index contributed by atoms with van der Waals surface area (Å²) in [6, 6.07) is 15.0. The fourth-order valence-electron chi connectivity index (χ4n) is 2.29. The first-order chi connectivity index (χ1) is 11.6. The summed E-state index contributed by atoms with van der Waals surface area (Å²) in [6.07, 6.45) is 11.4. The van der Waals surface area contributed by atoms with Crippen molar-refractivity contribution in [1.82, 2.24) is 4.33 Å². The number of aromatic nitrogens is 1. The molecule has 1 aromatic heterocycles. The van der Waals surface area contributed by atoms with Crippen LogP contribution < -0.4 is 0 Å². The van der Waals surface area contributed by atoms with E-state index in [0.717, 1.165) is 0 Å². The van der Waals surface area contributed by atoms with Crippen LogP contribution in [0.1, 0.15) is 13.8 Å². The van der Waals surface area contributed by atoms with Gasteiger partial charge in [-0.15, -0.1) is 41.1 Å². The van der Waals surface area contributed by atoms with Crippen LogP contribution >= 0.6 is 27.0 Å². The van der Waals surface area contributed by atoms with E-state index in [1.54, 1.807) is 0 Å². The second-order valence-corrected chi connectivity index (χ2v) is 9.30. The van der Waals surface area contributed by atoms with Gasteiger partial charge in [-0.05, 0) is 17.6 Å². The average molecular weight is 410 g/mol. The molecule has 24 heavy (non-hydrogen) atoms. The fraction of sp³-hybridized carbons (Fsp3) is 0.158. The Labute approximate surface area is 162 Å². The Bertz CT molecular complexity index is 757. The molecular formula is C19H18Cl2NPTi-2. The third-order valence-electron chi connectivity index (χ3n) is 3.44. The van der Waals surface area contributed by atoms with E-state index in [-0.39, 0.29) is 5.41 Å². The smallest absolute Gasteiger partial charge is 0.0166 e. The van der Waals surface area contributed by atoms with E-state index in [1.807, 2.05) is 12.2 Å². The third-order valence-corrected chi connectivity index (χ3v) is 4.35. The molecule has 3 aromatic rings. The molecule has 0 unspecified atom stereocenters. The van der Waals surface area contributed by atoms with Crippen molar-refractivity contribution in [3.8, 4) is 5.69 Å². The van der Waals surface area contributed by atoms with Crippen molar-refractivity contribution in [3.05, 3.63) is 78.8 Å². The number of hydrogen-bond acceptors (Lipinski definition) is 0. The van der Waals surface area contributed by atoms with Gasteiger partial charge in [0.05, 0.1) is 0 Å². The largest absolute Gasteiger partial charge is 0.319 e. The van der Waals surface area contributed by atoms with E-state index in [2.05, 4.69) is 84.8 Å². The minimum Gasteiger partial charge on any atom is -0.319 e. The first kappa shape index (κ1) is 19.6. The van der Waals surface area contributed by atoms with E-state index < -0.39 is 17.0 Å². The van der Waals surface area contributed by atoms with E-state index in [4.69, 9.17) is 18.6 Å². The maximum absolute atomic E-state index is 4.89. The normalized spacial score (nSPS) is 14.2. The van der Waals surface area contributed by atoms with E-state index in [9.17, 15) is 0 Å². The van der Waals surface area contributed by atoms with E-state index in [0.29, 0.717) is 0 Å². The maximum atomic E-state index is 4.89. The van der Waals surface area contributed by atoms with Crippen molar-refractivity contribution in [3.63, 3.8) is 0 Å². The summed E-state index contributed by atoms with van der Waals surface area (Å²) in [5.41, 5.74) is 1.48. The molecule has 0 radical (unpaired) electrons. The SMILES string of the molecule is CC1(C)[C-]=CC=C1.[Cl][Ti][Cl].c1ccc2[cH-]c(-n3cccp3)cc2c1. The third kappa shape index (κ3) is 5.99. The first-order valence-corrected chi connectivity index (χ1v) is 12.7. The summed E-state index contributed by atoms with van der Waals surface area (Å²) in [7, 11) is 11.0. The summed E-state index contributed by atoms with van der Waals surface area (Å²) in [5.74, 6) is 2.14. The Hall–Kier alpha value is -0.686. The Kier molecular flexibility index (Phi) is 7.94. The minimum absolute atomic E-state index is 0.208. The zero-order chi connectivity index (χ0) is 17.4. The van der Waals surface area contributed by atoms with Crippen LogP contribution in [-0.4, -0.2) is 4.33 Å². The molecule has 0 N–H and O–H groups in total. The molecule has 1 aliphatic carbocycles. The summed E-state index contributed by atoms with van der Waals surface area (Å²) in [5, 5.41) is 2.64. The number of rotatable bonds is 1. The first-order valence-electron chi connectivity index (χ1n) is 7.46. The Morgan fingerprint density at radius 3 is 2.46 bits per heavy atom. The van der Waals surface area contributed by atoms with Gasteiger partial charge in [-0.1, -0.05) is 25.3 Å². The van der Waals surface area contributed by atoms with Gasteiger partial charge in [0, 0.05) is 14.5 Å². The van der Waals surface area contributed by atoms with Gasteiger partial charge in [0.15, 0.2) is 0 Å². The van der Waals surface area contributed by atoms with Gasteiger partial charge in [0.1, 0.15) is 0 Å². The molecule has 124 valence electrons. The molecule has 0 fully saturated rings. The predicted octanol–water partition coefficient (Wildman–Crippen LogP) is 7.25. The van der Waals surface area contributed by atoms with Crippen molar-refractivity contribution in [2.24, 2.45) is 5.41 Å². The Balaban J connectivity index is 0.000000176. The predicted molar refractivity (Wildman–Crippen MR) is 104 cm³/mol. The van der Waals surface area contributed by atoms with Gasteiger partial charge in [-0.2, -0.15) is 6.08 Å². The number of hydrogen-bond donors (Lipinski definition) is 0. The van der Waals surface area contributed by atoms with E-state index >= 15 is 0 Å². The van der Waals surface area contributed by atoms with Crippen LogP contribution in [0.25, 0.3) is 16.5 Å². The molecule has 5 heteroatoms. The molecule has 0 bridgehead atoms. The van der Waals surface area contributed by atoms with Crippen molar-refractivity contribution in [2.45, 2.75) is 13.8 Å². The summed E-state index contributed by atoms with van der Waals surface area (Å²) in [4.78, 5) is 0. The molecule has 2 aromatic carbocycles. The fourth-order valence-corrected chi connectivity index (χ4v) is 2.99. The molecular weight excluding hydrogens is 392 g/mol. The van der Waals surface area contributed by atoms with Gasteiger partial charge < -0.3 is 4.33 Å². The number of halogens is 2. The zero-order valence-electron chi connectivity index (χ0n) is 13.6. The minimum atomic E-state index is -0.556.